The SMILES string of the molecule is C=CCC1=C(Sc2ncccn2)C=COC1. The van der Waals surface area contributed by atoms with Crippen LogP contribution in [0.15, 0.2) is 59.1 Å². The van der Waals surface area contributed by atoms with Crippen LogP contribution < -0.4 is 0 Å². The Labute approximate surface area is 99.0 Å². The Morgan fingerprint density at radius 3 is 3.00 bits per heavy atom. The van der Waals surface area contributed by atoms with Crippen molar-refractivity contribution in [1.82, 2.24) is 9.97 Å². The monoisotopic (exact) mass is 232 g/mol. The second kappa shape index (κ2) is 5.51. The molecule has 1 aromatic rings. The Bertz CT molecular complexity index is 426. The first-order chi connectivity index (χ1) is 7.90. The van der Waals surface area contributed by atoms with Gasteiger partial charge in [0.1, 0.15) is 6.61 Å². The highest BCUT2D eigenvalue weighted by Crippen LogP contribution is 2.30. The van der Waals surface area contributed by atoms with Crippen molar-refractivity contribution in [3.05, 3.63) is 53.9 Å². The number of rotatable bonds is 4. The lowest BCUT2D eigenvalue weighted by molar-refractivity contribution is 0.273. The Morgan fingerprint density at radius 2 is 2.25 bits per heavy atom. The third kappa shape index (κ3) is 2.73. The summed E-state index contributed by atoms with van der Waals surface area (Å²) in [6.07, 6.45) is 9.85. The third-order valence-corrected chi connectivity index (χ3v) is 3.09. The van der Waals surface area contributed by atoms with Crippen molar-refractivity contribution in [2.45, 2.75) is 11.6 Å². The minimum atomic E-state index is 0.623. The summed E-state index contributed by atoms with van der Waals surface area (Å²) in [6.45, 7) is 4.36. The quantitative estimate of drug-likeness (QED) is 0.590. The molecule has 0 atom stereocenters. The molecule has 1 aliphatic heterocycles. The molecule has 3 nitrogen and oxygen atoms in total. The highest BCUT2D eigenvalue weighted by Gasteiger charge is 2.10. The smallest absolute Gasteiger partial charge is 0.192 e. The van der Waals surface area contributed by atoms with Gasteiger partial charge in [-0.05, 0) is 35.9 Å². The highest BCUT2D eigenvalue weighted by atomic mass is 32.2. The van der Waals surface area contributed by atoms with Crippen LogP contribution >= 0.6 is 11.8 Å². The molecular formula is C12H12N2OS. The summed E-state index contributed by atoms with van der Waals surface area (Å²) in [5, 5.41) is 0.755. The Balaban J connectivity index is 2.18. The van der Waals surface area contributed by atoms with Crippen LogP contribution in [0.5, 0.6) is 0 Å². The first-order valence-corrected chi connectivity index (χ1v) is 5.78. The van der Waals surface area contributed by atoms with Crippen LogP contribution in [0.3, 0.4) is 0 Å². The predicted octanol–water partition coefficient (Wildman–Crippen LogP) is 2.94. The van der Waals surface area contributed by atoms with E-state index in [2.05, 4.69) is 16.5 Å². The average molecular weight is 232 g/mol. The molecule has 0 spiro atoms. The van der Waals surface area contributed by atoms with Crippen LogP contribution in [-0.4, -0.2) is 16.6 Å². The highest BCUT2D eigenvalue weighted by molar-refractivity contribution is 8.03. The lowest BCUT2D eigenvalue weighted by Crippen LogP contribution is -2.00. The summed E-state index contributed by atoms with van der Waals surface area (Å²) in [4.78, 5) is 9.52. The normalized spacial score (nSPS) is 14.8. The van der Waals surface area contributed by atoms with Crippen LogP contribution in [0.25, 0.3) is 0 Å². The number of hydrogen-bond donors (Lipinski definition) is 0. The van der Waals surface area contributed by atoms with Gasteiger partial charge in [0.15, 0.2) is 5.16 Å². The number of aromatic nitrogens is 2. The lowest BCUT2D eigenvalue weighted by Gasteiger charge is -2.14. The molecule has 1 aliphatic rings. The first-order valence-electron chi connectivity index (χ1n) is 4.96. The fourth-order valence-electron chi connectivity index (χ4n) is 1.32. The summed E-state index contributed by atoms with van der Waals surface area (Å²) in [5.41, 5.74) is 1.22. The van der Waals surface area contributed by atoms with E-state index in [0.717, 1.165) is 16.5 Å². The zero-order valence-corrected chi connectivity index (χ0v) is 9.61. The van der Waals surface area contributed by atoms with Crippen molar-refractivity contribution in [1.29, 1.82) is 0 Å². The molecule has 0 bridgehead atoms. The molecule has 0 N–H and O–H groups in total. The molecule has 0 aliphatic carbocycles. The summed E-state index contributed by atoms with van der Waals surface area (Å²) in [7, 11) is 0. The minimum Gasteiger partial charge on any atom is -0.497 e. The molecule has 0 saturated heterocycles. The standard InChI is InChI=1S/C12H12N2OS/c1-2-4-10-9-15-8-5-11(10)16-12-13-6-3-7-14-12/h2-3,5-8H,1,4,9H2. The maximum absolute atomic E-state index is 5.26. The van der Waals surface area contributed by atoms with Gasteiger partial charge in [-0.25, -0.2) is 9.97 Å². The number of allylic oxidation sites excluding steroid dienone is 2. The van der Waals surface area contributed by atoms with Gasteiger partial charge in [0.05, 0.1) is 6.26 Å². The van der Waals surface area contributed by atoms with Crippen LogP contribution in [0.1, 0.15) is 6.42 Å². The van der Waals surface area contributed by atoms with E-state index >= 15 is 0 Å². The van der Waals surface area contributed by atoms with E-state index in [1.165, 1.54) is 5.57 Å². The molecule has 0 amide bonds. The van der Waals surface area contributed by atoms with E-state index in [4.69, 9.17) is 4.74 Å². The van der Waals surface area contributed by atoms with Crippen molar-refractivity contribution in [3.8, 4) is 0 Å². The van der Waals surface area contributed by atoms with Crippen molar-refractivity contribution in [2.24, 2.45) is 0 Å². The molecule has 0 unspecified atom stereocenters. The van der Waals surface area contributed by atoms with Crippen LogP contribution in [0, 0.1) is 0 Å². The summed E-state index contributed by atoms with van der Waals surface area (Å²) in [5.74, 6) is 0. The maximum atomic E-state index is 5.26. The van der Waals surface area contributed by atoms with Crippen LogP contribution in [0.2, 0.25) is 0 Å². The fraction of sp³-hybridized carbons (Fsp3) is 0.167. The van der Waals surface area contributed by atoms with Gasteiger partial charge in [-0.2, -0.15) is 0 Å². The molecule has 0 radical (unpaired) electrons. The second-order valence-electron chi connectivity index (χ2n) is 3.21. The largest absolute Gasteiger partial charge is 0.497 e. The molecule has 4 heteroatoms. The first kappa shape index (κ1) is 11.0. The Morgan fingerprint density at radius 1 is 1.44 bits per heavy atom. The topological polar surface area (TPSA) is 35.0 Å². The van der Waals surface area contributed by atoms with Gasteiger partial charge in [0.2, 0.25) is 0 Å². The van der Waals surface area contributed by atoms with E-state index in [1.807, 2.05) is 18.2 Å². The van der Waals surface area contributed by atoms with Crippen molar-refractivity contribution in [3.63, 3.8) is 0 Å². The zero-order valence-electron chi connectivity index (χ0n) is 8.80. The molecule has 1 aromatic heterocycles. The molecule has 0 aromatic carbocycles. The van der Waals surface area contributed by atoms with Crippen molar-refractivity contribution in [2.75, 3.05) is 6.61 Å². The van der Waals surface area contributed by atoms with Crippen molar-refractivity contribution < 1.29 is 4.74 Å². The van der Waals surface area contributed by atoms with E-state index in [9.17, 15) is 0 Å². The third-order valence-electron chi connectivity index (χ3n) is 2.06. The Hall–Kier alpha value is -1.55. The van der Waals surface area contributed by atoms with Gasteiger partial charge in [-0.1, -0.05) is 6.08 Å². The van der Waals surface area contributed by atoms with E-state index in [-0.39, 0.29) is 0 Å². The van der Waals surface area contributed by atoms with Gasteiger partial charge < -0.3 is 4.74 Å². The molecule has 2 rings (SSSR count). The molecule has 0 saturated carbocycles. The molecule has 0 fully saturated rings. The zero-order chi connectivity index (χ0) is 11.2. The van der Waals surface area contributed by atoms with Gasteiger partial charge in [-0.15, -0.1) is 6.58 Å². The van der Waals surface area contributed by atoms with Gasteiger partial charge in [-0.3, -0.25) is 0 Å². The molecule has 2 heterocycles. The second-order valence-corrected chi connectivity index (χ2v) is 4.22. The molecular weight excluding hydrogens is 220 g/mol. The van der Waals surface area contributed by atoms with Gasteiger partial charge >= 0.3 is 0 Å². The Kier molecular flexibility index (Phi) is 3.77. The number of ether oxygens (including phenoxy) is 1. The maximum Gasteiger partial charge on any atom is 0.192 e. The lowest BCUT2D eigenvalue weighted by atomic mass is 10.1. The molecule has 16 heavy (non-hydrogen) atoms. The van der Waals surface area contributed by atoms with Crippen molar-refractivity contribution >= 4 is 11.8 Å². The predicted molar refractivity (Wildman–Crippen MR) is 64.8 cm³/mol. The molecule has 82 valence electrons. The van der Waals surface area contributed by atoms with Crippen LogP contribution in [-0.2, 0) is 4.74 Å². The minimum absolute atomic E-state index is 0.623. The van der Waals surface area contributed by atoms with E-state index in [1.54, 1.807) is 30.4 Å². The summed E-state index contributed by atoms with van der Waals surface area (Å²) >= 11 is 1.56. The average Bonchev–Trinajstić information content (AvgIpc) is 2.33. The van der Waals surface area contributed by atoms with E-state index in [0.29, 0.717) is 6.61 Å². The summed E-state index contributed by atoms with van der Waals surface area (Å²) < 4.78 is 5.26. The van der Waals surface area contributed by atoms with Gasteiger partial charge in [0, 0.05) is 17.3 Å². The number of nitrogens with zero attached hydrogens (tertiary/aromatic N) is 2. The van der Waals surface area contributed by atoms with Crippen LogP contribution in [0.4, 0.5) is 0 Å². The number of thioether (sulfide) groups is 1. The van der Waals surface area contributed by atoms with E-state index < -0.39 is 0 Å². The van der Waals surface area contributed by atoms with Gasteiger partial charge in [0.25, 0.3) is 0 Å². The summed E-state index contributed by atoms with van der Waals surface area (Å²) in [6, 6.07) is 1.81. The fourth-order valence-corrected chi connectivity index (χ4v) is 2.16. The number of hydrogen-bond acceptors (Lipinski definition) is 4.